The van der Waals surface area contributed by atoms with Crippen LogP contribution in [0.25, 0.3) is 0 Å². The Kier molecular flexibility index (Phi) is 3.59. The van der Waals surface area contributed by atoms with E-state index < -0.39 is 5.91 Å². The lowest BCUT2D eigenvalue weighted by atomic mass is 10.2. The summed E-state index contributed by atoms with van der Waals surface area (Å²) in [6.45, 7) is 0. The van der Waals surface area contributed by atoms with E-state index in [1.807, 2.05) is 0 Å². The Morgan fingerprint density at radius 1 is 1.33 bits per heavy atom. The molecule has 8 heteroatoms. The van der Waals surface area contributed by atoms with Crippen molar-refractivity contribution in [3.8, 4) is 0 Å². The highest BCUT2D eigenvalue weighted by Gasteiger charge is 2.12. The predicted octanol–water partition coefficient (Wildman–Crippen LogP) is 1.72. The van der Waals surface area contributed by atoms with Crippen molar-refractivity contribution >= 4 is 34.9 Å². The van der Waals surface area contributed by atoms with Crippen LogP contribution in [0.15, 0.2) is 29.5 Å². The molecule has 6 nitrogen and oxygen atoms in total. The van der Waals surface area contributed by atoms with Crippen molar-refractivity contribution in [2.75, 3.05) is 5.32 Å². The molecular formula is C10H6Cl2N4O2. The Morgan fingerprint density at radius 3 is 2.83 bits per heavy atom. The number of halogens is 2. The van der Waals surface area contributed by atoms with E-state index in [1.54, 1.807) is 0 Å². The molecule has 0 aromatic carbocycles. The second kappa shape index (κ2) is 5.16. The summed E-state index contributed by atoms with van der Waals surface area (Å²) in [6.07, 6.45) is 2.54. The number of H-pyrrole nitrogens is 1. The zero-order valence-electron chi connectivity index (χ0n) is 8.78. The van der Waals surface area contributed by atoms with Crippen molar-refractivity contribution in [3.05, 3.63) is 50.7 Å². The molecule has 2 aromatic rings. The lowest BCUT2D eigenvalue weighted by Gasteiger charge is -2.05. The summed E-state index contributed by atoms with van der Waals surface area (Å²) in [5.41, 5.74) is -0.195. The first-order chi connectivity index (χ1) is 8.58. The van der Waals surface area contributed by atoms with Crippen molar-refractivity contribution < 1.29 is 4.79 Å². The smallest absolute Gasteiger partial charge is 0.257 e. The topological polar surface area (TPSA) is 87.7 Å². The van der Waals surface area contributed by atoms with Gasteiger partial charge in [0.15, 0.2) is 11.0 Å². The molecule has 0 aliphatic carbocycles. The minimum atomic E-state index is -0.516. The lowest BCUT2D eigenvalue weighted by molar-refractivity contribution is 0.102. The minimum Gasteiger partial charge on any atom is -0.329 e. The molecule has 2 aromatic heterocycles. The monoisotopic (exact) mass is 284 g/mol. The Morgan fingerprint density at radius 2 is 2.11 bits per heavy atom. The van der Waals surface area contributed by atoms with Crippen LogP contribution in [0.3, 0.4) is 0 Å². The Bertz CT molecular complexity index is 656. The van der Waals surface area contributed by atoms with Gasteiger partial charge in [-0.1, -0.05) is 23.2 Å². The van der Waals surface area contributed by atoms with Gasteiger partial charge in [0.25, 0.3) is 5.91 Å². The summed E-state index contributed by atoms with van der Waals surface area (Å²) >= 11 is 11.5. The Hall–Kier alpha value is -1.92. The summed E-state index contributed by atoms with van der Waals surface area (Å²) in [7, 11) is 0. The van der Waals surface area contributed by atoms with Gasteiger partial charge in [0.05, 0.1) is 0 Å². The molecule has 2 heterocycles. The molecule has 0 aliphatic rings. The van der Waals surface area contributed by atoms with Crippen molar-refractivity contribution in [1.29, 1.82) is 0 Å². The van der Waals surface area contributed by atoms with E-state index >= 15 is 0 Å². The van der Waals surface area contributed by atoms with Crippen molar-refractivity contribution in [2.45, 2.75) is 0 Å². The summed E-state index contributed by atoms with van der Waals surface area (Å²) < 4.78 is 0. The first-order valence-corrected chi connectivity index (χ1v) is 5.49. The number of nitrogens with one attached hydrogen (secondary N) is 2. The fraction of sp³-hybridized carbons (Fsp3) is 0. The fourth-order valence-electron chi connectivity index (χ4n) is 1.20. The van der Waals surface area contributed by atoms with Crippen LogP contribution in [-0.2, 0) is 0 Å². The zero-order chi connectivity index (χ0) is 13.1. The molecule has 0 radical (unpaired) electrons. The predicted molar refractivity (Wildman–Crippen MR) is 67.1 cm³/mol. The summed E-state index contributed by atoms with van der Waals surface area (Å²) in [4.78, 5) is 32.7. The molecule has 0 atom stereocenters. The maximum atomic E-state index is 11.8. The number of carbonyl (C=O) groups excluding carboxylic acids is 1. The van der Waals surface area contributed by atoms with Gasteiger partial charge in [0, 0.05) is 17.8 Å². The average molecular weight is 285 g/mol. The lowest BCUT2D eigenvalue weighted by Crippen LogP contribution is -2.16. The van der Waals surface area contributed by atoms with E-state index in [9.17, 15) is 9.59 Å². The maximum Gasteiger partial charge on any atom is 0.257 e. The zero-order valence-corrected chi connectivity index (χ0v) is 10.3. The van der Waals surface area contributed by atoms with Gasteiger partial charge in [-0.25, -0.2) is 9.97 Å². The quantitative estimate of drug-likeness (QED) is 0.822. The molecule has 2 rings (SSSR count). The fourth-order valence-corrected chi connectivity index (χ4v) is 1.48. The van der Waals surface area contributed by atoms with Gasteiger partial charge in [0.1, 0.15) is 11.3 Å². The van der Waals surface area contributed by atoms with E-state index in [2.05, 4.69) is 20.3 Å². The molecule has 0 bridgehead atoms. The van der Waals surface area contributed by atoms with Gasteiger partial charge in [-0.3, -0.25) is 9.59 Å². The van der Waals surface area contributed by atoms with Gasteiger partial charge in [0.2, 0.25) is 5.56 Å². The van der Waals surface area contributed by atoms with E-state index in [-0.39, 0.29) is 27.1 Å². The summed E-state index contributed by atoms with van der Waals surface area (Å²) in [5, 5.41) is 2.51. The minimum absolute atomic E-state index is 0.0351. The number of pyridine rings is 1. The largest absolute Gasteiger partial charge is 0.329 e. The Balaban J connectivity index is 2.27. The first-order valence-electron chi connectivity index (χ1n) is 4.74. The van der Waals surface area contributed by atoms with Crippen LogP contribution in [0.5, 0.6) is 0 Å². The second-order valence-corrected chi connectivity index (χ2v) is 3.96. The van der Waals surface area contributed by atoms with Crippen molar-refractivity contribution in [3.63, 3.8) is 0 Å². The summed E-state index contributed by atoms with van der Waals surface area (Å²) in [6, 6.07) is 2.61. The number of rotatable bonds is 2. The molecule has 0 aliphatic heterocycles. The van der Waals surface area contributed by atoms with E-state index in [0.717, 1.165) is 6.07 Å². The van der Waals surface area contributed by atoms with Gasteiger partial charge >= 0.3 is 0 Å². The molecule has 2 N–H and O–H groups in total. The van der Waals surface area contributed by atoms with E-state index in [0.29, 0.717) is 0 Å². The second-order valence-electron chi connectivity index (χ2n) is 3.22. The molecule has 1 amide bonds. The first kappa shape index (κ1) is 12.5. The van der Waals surface area contributed by atoms with Crippen LogP contribution in [0.2, 0.25) is 10.2 Å². The number of aromatic nitrogens is 3. The highest BCUT2D eigenvalue weighted by atomic mass is 35.5. The molecule has 18 heavy (non-hydrogen) atoms. The van der Waals surface area contributed by atoms with Crippen LogP contribution in [0, 0.1) is 0 Å². The van der Waals surface area contributed by atoms with E-state index in [4.69, 9.17) is 23.2 Å². The van der Waals surface area contributed by atoms with Gasteiger partial charge in [-0.2, -0.15) is 0 Å². The third-order valence-corrected chi connectivity index (χ3v) is 2.76. The molecule has 92 valence electrons. The van der Waals surface area contributed by atoms with Crippen LogP contribution in [0.1, 0.15) is 10.4 Å². The SMILES string of the molecule is O=C(Nc1ncnc(Cl)c1Cl)c1cc[nH]c(=O)c1. The van der Waals surface area contributed by atoms with Crippen LogP contribution in [-0.4, -0.2) is 20.9 Å². The molecule has 0 saturated carbocycles. The van der Waals surface area contributed by atoms with Crippen LogP contribution in [0.4, 0.5) is 5.82 Å². The van der Waals surface area contributed by atoms with Crippen LogP contribution >= 0.6 is 23.2 Å². The Labute approximate surface area is 111 Å². The molecular weight excluding hydrogens is 279 g/mol. The highest BCUT2D eigenvalue weighted by Crippen LogP contribution is 2.25. The molecule has 0 fully saturated rings. The number of aromatic amines is 1. The van der Waals surface area contributed by atoms with Crippen molar-refractivity contribution in [1.82, 2.24) is 15.0 Å². The van der Waals surface area contributed by atoms with Gasteiger partial charge in [-0.05, 0) is 6.07 Å². The molecule has 0 saturated heterocycles. The van der Waals surface area contributed by atoms with Crippen molar-refractivity contribution in [2.24, 2.45) is 0 Å². The molecule has 0 unspecified atom stereocenters. The van der Waals surface area contributed by atoms with E-state index in [1.165, 1.54) is 18.6 Å². The standard InChI is InChI=1S/C10H6Cl2N4O2/c11-7-8(12)14-4-15-9(7)16-10(18)5-1-2-13-6(17)3-5/h1-4H,(H,13,17)(H,14,15,16,18). The number of amides is 1. The highest BCUT2D eigenvalue weighted by molar-refractivity contribution is 6.43. The van der Waals surface area contributed by atoms with Crippen LogP contribution < -0.4 is 10.9 Å². The third kappa shape index (κ3) is 2.66. The number of carbonyl (C=O) groups is 1. The number of hydrogen-bond donors (Lipinski definition) is 2. The average Bonchev–Trinajstić information content (AvgIpc) is 2.35. The third-order valence-electron chi connectivity index (χ3n) is 2.02. The number of nitrogens with zero attached hydrogens (tertiary/aromatic N) is 2. The normalized spacial score (nSPS) is 10.1. The van der Waals surface area contributed by atoms with Gasteiger partial charge in [-0.15, -0.1) is 0 Å². The van der Waals surface area contributed by atoms with Gasteiger partial charge < -0.3 is 10.3 Å². The maximum absolute atomic E-state index is 11.8. The summed E-state index contributed by atoms with van der Waals surface area (Å²) in [5.74, 6) is -0.431. The molecule has 0 spiro atoms. The number of anilines is 1. The number of hydrogen-bond acceptors (Lipinski definition) is 4.